The minimum absolute atomic E-state index is 0.100. The van der Waals surface area contributed by atoms with Gasteiger partial charge < -0.3 is 15.5 Å². The van der Waals surface area contributed by atoms with E-state index in [2.05, 4.69) is 34.6 Å². The number of carbonyl (C=O) groups is 2. The van der Waals surface area contributed by atoms with Gasteiger partial charge in [-0.15, -0.1) is 0 Å². The molecule has 0 saturated carbocycles. The number of piperidine rings is 1. The van der Waals surface area contributed by atoms with E-state index >= 15 is 0 Å². The molecule has 2 fully saturated rings. The van der Waals surface area contributed by atoms with E-state index in [0.29, 0.717) is 6.04 Å². The van der Waals surface area contributed by atoms with Crippen molar-refractivity contribution in [3.05, 3.63) is 29.8 Å². The van der Waals surface area contributed by atoms with Crippen LogP contribution in [-0.2, 0) is 16.1 Å². The van der Waals surface area contributed by atoms with Crippen LogP contribution in [0.25, 0.3) is 0 Å². The van der Waals surface area contributed by atoms with Gasteiger partial charge in [-0.3, -0.25) is 14.5 Å². The second kappa shape index (κ2) is 8.64. The SMILES string of the molecule is CC(=O)N1CCN(Cc2ccc(NC(=O)[C@H]3CCN[C@@H](C)C3)cc2)CC1. The summed E-state index contributed by atoms with van der Waals surface area (Å²) < 4.78 is 0. The van der Waals surface area contributed by atoms with Gasteiger partial charge in [0.2, 0.25) is 11.8 Å². The Balaban J connectivity index is 1.48. The van der Waals surface area contributed by atoms with Crippen molar-refractivity contribution in [3.8, 4) is 0 Å². The van der Waals surface area contributed by atoms with Crippen molar-refractivity contribution >= 4 is 17.5 Å². The number of anilines is 1. The summed E-state index contributed by atoms with van der Waals surface area (Å²) in [5.74, 6) is 0.392. The summed E-state index contributed by atoms with van der Waals surface area (Å²) in [5, 5.41) is 6.44. The van der Waals surface area contributed by atoms with Crippen LogP contribution in [0, 0.1) is 5.92 Å². The Morgan fingerprint density at radius 3 is 2.46 bits per heavy atom. The number of carbonyl (C=O) groups excluding carboxylic acids is 2. The van der Waals surface area contributed by atoms with Crippen LogP contribution in [0.1, 0.15) is 32.3 Å². The van der Waals surface area contributed by atoms with Crippen LogP contribution in [0.5, 0.6) is 0 Å². The quantitative estimate of drug-likeness (QED) is 0.860. The van der Waals surface area contributed by atoms with Gasteiger partial charge in [0, 0.05) is 57.3 Å². The van der Waals surface area contributed by atoms with Crippen LogP contribution in [0.2, 0.25) is 0 Å². The number of nitrogens with one attached hydrogen (secondary N) is 2. The molecule has 0 bridgehead atoms. The number of piperazine rings is 1. The third-order valence-corrected chi connectivity index (χ3v) is 5.44. The third kappa shape index (κ3) is 5.05. The molecule has 0 aliphatic carbocycles. The minimum atomic E-state index is 0.100. The summed E-state index contributed by atoms with van der Waals surface area (Å²) >= 11 is 0. The molecule has 0 unspecified atom stereocenters. The number of amides is 2. The summed E-state index contributed by atoms with van der Waals surface area (Å²) in [6.07, 6.45) is 1.80. The van der Waals surface area contributed by atoms with Gasteiger partial charge >= 0.3 is 0 Å². The van der Waals surface area contributed by atoms with Crippen molar-refractivity contribution in [2.45, 2.75) is 39.3 Å². The van der Waals surface area contributed by atoms with Gasteiger partial charge in [0.25, 0.3) is 0 Å². The van der Waals surface area contributed by atoms with Gasteiger partial charge in [0.05, 0.1) is 0 Å². The second-order valence-electron chi connectivity index (χ2n) is 7.54. The first-order valence-corrected chi connectivity index (χ1v) is 9.62. The van der Waals surface area contributed by atoms with Crippen LogP contribution in [0.15, 0.2) is 24.3 Å². The van der Waals surface area contributed by atoms with Gasteiger partial charge in [-0.05, 0) is 44.0 Å². The standard InChI is InChI=1S/C20H30N4O2/c1-15-13-18(7-8-21-15)20(26)22-19-5-3-17(4-6-19)14-23-9-11-24(12-10-23)16(2)25/h3-6,15,18,21H,7-14H2,1-2H3,(H,22,26)/t15-,18-/m0/s1. The largest absolute Gasteiger partial charge is 0.340 e. The molecular formula is C20H30N4O2. The Morgan fingerprint density at radius 1 is 1.15 bits per heavy atom. The van der Waals surface area contributed by atoms with Crippen molar-refractivity contribution in [2.75, 3.05) is 38.0 Å². The molecule has 6 heteroatoms. The van der Waals surface area contributed by atoms with E-state index in [9.17, 15) is 9.59 Å². The molecule has 6 nitrogen and oxygen atoms in total. The fraction of sp³-hybridized carbons (Fsp3) is 0.600. The minimum Gasteiger partial charge on any atom is -0.340 e. The summed E-state index contributed by atoms with van der Waals surface area (Å²) in [6.45, 7) is 8.98. The zero-order chi connectivity index (χ0) is 18.5. The highest BCUT2D eigenvalue weighted by Gasteiger charge is 2.24. The van der Waals surface area contributed by atoms with Crippen molar-refractivity contribution in [1.82, 2.24) is 15.1 Å². The smallest absolute Gasteiger partial charge is 0.227 e. The first-order chi connectivity index (χ1) is 12.5. The maximum Gasteiger partial charge on any atom is 0.227 e. The van der Waals surface area contributed by atoms with Gasteiger partial charge in [-0.25, -0.2) is 0 Å². The number of benzene rings is 1. The van der Waals surface area contributed by atoms with E-state index in [0.717, 1.165) is 57.8 Å². The molecule has 2 aliphatic heterocycles. The van der Waals surface area contributed by atoms with Gasteiger partial charge in [0.15, 0.2) is 0 Å². The van der Waals surface area contributed by atoms with E-state index in [1.54, 1.807) is 6.92 Å². The lowest BCUT2D eigenvalue weighted by Crippen LogP contribution is -2.47. The summed E-state index contributed by atoms with van der Waals surface area (Å²) in [5.41, 5.74) is 2.10. The molecule has 2 saturated heterocycles. The summed E-state index contributed by atoms with van der Waals surface area (Å²) in [7, 11) is 0. The highest BCUT2D eigenvalue weighted by molar-refractivity contribution is 5.92. The van der Waals surface area contributed by atoms with E-state index in [1.165, 1.54) is 5.56 Å². The highest BCUT2D eigenvalue weighted by Crippen LogP contribution is 2.19. The van der Waals surface area contributed by atoms with Crippen molar-refractivity contribution < 1.29 is 9.59 Å². The zero-order valence-corrected chi connectivity index (χ0v) is 15.8. The second-order valence-corrected chi connectivity index (χ2v) is 7.54. The maximum absolute atomic E-state index is 12.4. The molecule has 2 aliphatic rings. The van der Waals surface area contributed by atoms with E-state index < -0.39 is 0 Å². The molecule has 0 aromatic heterocycles. The first kappa shape index (κ1) is 18.9. The monoisotopic (exact) mass is 358 g/mol. The average molecular weight is 358 g/mol. The van der Waals surface area contributed by atoms with E-state index in [4.69, 9.17) is 0 Å². The van der Waals surface area contributed by atoms with Crippen LogP contribution in [0.3, 0.4) is 0 Å². The molecule has 2 amide bonds. The van der Waals surface area contributed by atoms with Gasteiger partial charge in [-0.2, -0.15) is 0 Å². The zero-order valence-electron chi connectivity index (χ0n) is 15.8. The van der Waals surface area contributed by atoms with E-state index in [-0.39, 0.29) is 17.7 Å². The number of nitrogens with zero attached hydrogens (tertiary/aromatic N) is 2. The Bertz CT molecular complexity index is 623. The van der Waals surface area contributed by atoms with Crippen molar-refractivity contribution in [2.24, 2.45) is 5.92 Å². The topological polar surface area (TPSA) is 64.7 Å². The molecule has 1 aromatic carbocycles. The lowest BCUT2D eigenvalue weighted by Gasteiger charge is -2.34. The molecule has 0 radical (unpaired) electrons. The van der Waals surface area contributed by atoms with Crippen LogP contribution >= 0.6 is 0 Å². The Labute approximate surface area is 155 Å². The van der Waals surface area contributed by atoms with Crippen LogP contribution < -0.4 is 10.6 Å². The van der Waals surface area contributed by atoms with Crippen LogP contribution in [-0.4, -0.2) is 60.4 Å². The fourth-order valence-electron chi connectivity index (χ4n) is 3.79. The normalized spacial score (nSPS) is 24.3. The Hall–Kier alpha value is -1.92. The highest BCUT2D eigenvalue weighted by atomic mass is 16.2. The Kier molecular flexibility index (Phi) is 6.27. The van der Waals surface area contributed by atoms with Gasteiger partial charge in [0.1, 0.15) is 0 Å². The van der Waals surface area contributed by atoms with Crippen molar-refractivity contribution in [1.29, 1.82) is 0 Å². The predicted molar refractivity (Wildman–Crippen MR) is 103 cm³/mol. The van der Waals surface area contributed by atoms with Crippen LogP contribution in [0.4, 0.5) is 5.69 Å². The lowest BCUT2D eigenvalue weighted by atomic mass is 9.92. The average Bonchev–Trinajstić information content (AvgIpc) is 2.64. The molecule has 1 aromatic rings. The molecule has 2 heterocycles. The first-order valence-electron chi connectivity index (χ1n) is 9.62. The number of hydrogen-bond donors (Lipinski definition) is 2. The molecule has 0 spiro atoms. The molecular weight excluding hydrogens is 328 g/mol. The predicted octanol–water partition coefficient (Wildman–Crippen LogP) is 1.68. The fourth-order valence-corrected chi connectivity index (χ4v) is 3.79. The molecule has 3 rings (SSSR count). The molecule has 26 heavy (non-hydrogen) atoms. The van der Waals surface area contributed by atoms with E-state index in [1.807, 2.05) is 17.0 Å². The van der Waals surface area contributed by atoms with Crippen molar-refractivity contribution in [3.63, 3.8) is 0 Å². The van der Waals surface area contributed by atoms with Gasteiger partial charge in [-0.1, -0.05) is 12.1 Å². The number of hydrogen-bond acceptors (Lipinski definition) is 4. The lowest BCUT2D eigenvalue weighted by molar-refractivity contribution is -0.130. The maximum atomic E-state index is 12.4. The summed E-state index contributed by atoms with van der Waals surface area (Å²) in [4.78, 5) is 28.1. The third-order valence-electron chi connectivity index (χ3n) is 5.44. The molecule has 2 atom stereocenters. The molecule has 2 N–H and O–H groups in total. The Morgan fingerprint density at radius 2 is 1.85 bits per heavy atom. The number of rotatable bonds is 4. The summed E-state index contributed by atoms with van der Waals surface area (Å²) in [6, 6.07) is 8.55. The molecule has 142 valence electrons.